The van der Waals surface area contributed by atoms with Crippen molar-refractivity contribution in [3.8, 4) is 0 Å². The van der Waals surface area contributed by atoms with Gasteiger partial charge in [0.15, 0.2) is 5.96 Å². The zero-order chi connectivity index (χ0) is 16.5. The topological polar surface area (TPSA) is 56.9 Å². The molecule has 6 heteroatoms. The van der Waals surface area contributed by atoms with Crippen LogP contribution in [0.4, 0.5) is 10.1 Å². The third-order valence-corrected chi connectivity index (χ3v) is 4.09. The number of hydrogen-bond donors (Lipinski definition) is 2. The number of rotatable bonds is 7. The van der Waals surface area contributed by atoms with Crippen molar-refractivity contribution in [2.75, 3.05) is 50.7 Å². The summed E-state index contributed by atoms with van der Waals surface area (Å²) in [5, 5.41) is 3.17. The SMILES string of the molecule is CCCCN=C(N)NCCN1CCN(c2ccc(F)cc2)CC1. The van der Waals surface area contributed by atoms with E-state index in [2.05, 4.69) is 27.0 Å². The monoisotopic (exact) mass is 321 g/mol. The molecular weight excluding hydrogens is 293 g/mol. The summed E-state index contributed by atoms with van der Waals surface area (Å²) in [6.45, 7) is 8.66. The maximum atomic E-state index is 13.0. The Labute approximate surface area is 138 Å². The second-order valence-corrected chi connectivity index (χ2v) is 5.85. The van der Waals surface area contributed by atoms with Crippen LogP contribution in [0.3, 0.4) is 0 Å². The maximum Gasteiger partial charge on any atom is 0.188 e. The van der Waals surface area contributed by atoms with Gasteiger partial charge < -0.3 is 16.0 Å². The summed E-state index contributed by atoms with van der Waals surface area (Å²) in [4.78, 5) is 8.99. The van der Waals surface area contributed by atoms with E-state index in [4.69, 9.17) is 5.73 Å². The van der Waals surface area contributed by atoms with Gasteiger partial charge in [0.25, 0.3) is 0 Å². The fourth-order valence-electron chi connectivity index (χ4n) is 2.64. The number of nitrogens with one attached hydrogen (secondary N) is 1. The molecule has 0 amide bonds. The van der Waals surface area contributed by atoms with Crippen molar-refractivity contribution in [3.63, 3.8) is 0 Å². The van der Waals surface area contributed by atoms with E-state index in [1.54, 1.807) is 0 Å². The number of hydrogen-bond acceptors (Lipinski definition) is 3. The predicted molar refractivity (Wildman–Crippen MR) is 94.5 cm³/mol. The second kappa shape index (κ2) is 9.35. The third-order valence-electron chi connectivity index (χ3n) is 4.09. The van der Waals surface area contributed by atoms with Gasteiger partial charge in [0, 0.05) is 51.5 Å². The van der Waals surface area contributed by atoms with Gasteiger partial charge in [-0.2, -0.15) is 0 Å². The highest BCUT2D eigenvalue weighted by molar-refractivity contribution is 5.77. The zero-order valence-electron chi connectivity index (χ0n) is 14.0. The number of benzene rings is 1. The molecule has 0 atom stereocenters. The first-order valence-corrected chi connectivity index (χ1v) is 8.45. The normalized spacial score (nSPS) is 16.6. The lowest BCUT2D eigenvalue weighted by atomic mass is 10.2. The van der Waals surface area contributed by atoms with Gasteiger partial charge >= 0.3 is 0 Å². The van der Waals surface area contributed by atoms with Crippen LogP contribution in [0, 0.1) is 5.82 Å². The van der Waals surface area contributed by atoms with Crippen LogP contribution in [0.15, 0.2) is 29.3 Å². The molecule has 0 bridgehead atoms. The van der Waals surface area contributed by atoms with Crippen molar-refractivity contribution in [2.45, 2.75) is 19.8 Å². The molecule has 1 aliphatic rings. The van der Waals surface area contributed by atoms with E-state index >= 15 is 0 Å². The zero-order valence-corrected chi connectivity index (χ0v) is 14.0. The molecule has 5 nitrogen and oxygen atoms in total. The molecule has 1 aliphatic heterocycles. The van der Waals surface area contributed by atoms with Gasteiger partial charge in [0.05, 0.1) is 0 Å². The third kappa shape index (κ3) is 6.06. The van der Waals surface area contributed by atoms with Gasteiger partial charge in [-0.3, -0.25) is 9.89 Å². The van der Waals surface area contributed by atoms with Gasteiger partial charge in [0.2, 0.25) is 0 Å². The van der Waals surface area contributed by atoms with Crippen LogP contribution in [0.1, 0.15) is 19.8 Å². The standard InChI is InChI=1S/C17H28FN5/c1-2-3-8-20-17(19)21-9-10-22-11-13-23(14-12-22)16-6-4-15(18)5-7-16/h4-7H,2-3,8-14H2,1H3,(H3,19,20,21). The van der Waals surface area contributed by atoms with Gasteiger partial charge in [-0.15, -0.1) is 0 Å². The van der Waals surface area contributed by atoms with Crippen LogP contribution in [0.5, 0.6) is 0 Å². The first-order valence-electron chi connectivity index (χ1n) is 8.45. The predicted octanol–water partition coefficient (Wildman–Crippen LogP) is 1.65. The van der Waals surface area contributed by atoms with Crippen molar-refractivity contribution in [3.05, 3.63) is 30.1 Å². The minimum atomic E-state index is -0.184. The summed E-state index contributed by atoms with van der Waals surface area (Å²) < 4.78 is 13.0. The molecular formula is C17H28FN5. The molecule has 1 saturated heterocycles. The van der Waals surface area contributed by atoms with Gasteiger partial charge in [-0.05, 0) is 30.7 Å². The van der Waals surface area contributed by atoms with Crippen molar-refractivity contribution in [2.24, 2.45) is 10.7 Å². The molecule has 0 aromatic heterocycles. The molecule has 23 heavy (non-hydrogen) atoms. The van der Waals surface area contributed by atoms with Crippen molar-refractivity contribution in [1.29, 1.82) is 0 Å². The Hall–Kier alpha value is -1.82. The summed E-state index contributed by atoms with van der Waals surface area (Å²) in [7, 11) is 0. The minimum absolute atomic E-state index is 0.184. The number of nitrogens with two attached hydrogens (primary N) is 1. The molecule has 1 fully saturated rings. The number of nitrogens with zero attached hydrogens (tertiary/aromatic N) is 3. The van der Waals surface area contributed by atoms with Crippen molar-refractivity contribution >= 4 is 11.6 Å². The van der Waals surface area contributed by atoms with Crippen LogP contribution in [-0.4, -0.2) is 56.7 Å². The largest absolute Gasteiger partial charge is 0.370 e. The van der Waals surface area contributed by atoms with E-state index < -0.39 is 0 Å². The molecule has 3 N–H and O–H groups in total. The Morgan fingerprint density at radius 3 is 2.57 bits per heavy atom. The van der Waals surface area contributed by atoms with Crippen molar-refractivity contribution in [1.82, 2.24) is 10.2 Å². The summed E-state index contributed by atoms with van der Waals surface area (Å²) >= 11 is 0. The van der Waals surface area contributed by atoms with Crippen LogP contribution in [-0.2, 0) is 0 Å². The van der Waals surface area contributed by atoms with Crippen LogP contribution < -0.4 is 16.0 Å². The first kappa shape index (κ1) is 17.5. The lowest BCUT2D eigenvalue weighted by molar-refractivity contribution is 0.261. The van der Waals surface area contributed by atoms with Gasteiger partial charge in [0.1, 0.15) is 5.82 Å². The summed E-state index contributed by atoms with van der Waals surface area (Å²) in [5.41, 5.74) is 6.92. The average Bonchev–Trinajstić information content (AvgIpc) is 2.57. The highest BCUT2D eigenvalue weighted by Gasteiger charge is 2.16. The summed E-state index contributed by atoms with van der Waals surface area (Å²) in [5.74, 6) is 0.361. The quantitative estimate of drug-likeness (QED) is 0.455. The van der Waals surface area contributed by atoms with E-state index in [9.17, 15) is 4.39 Å². The molecule has 0 radical (unpaired) electrons. The Bertz CT molecular complexity index is 480. The minimum Gasteiger partial charge on any atom is -0.370 e. The smallest absolute Gasteiger partial charge is 0.188 e. The van der Waals surface area contributed by atoms with E-state index in [0.717, 1.165) is 64.3 Å². The van der Waals surface area contributed by atoms with Gasteiger partial charge in [-0.25, -0.2) is 4.39 Å². The van der Waals surface area contributed by atoms with Crippen molar-refractivity contribution < 1.29 is 4.39 Å². The molecule has 1 aromatic rings. The summed E-state index contributed by atoms with van der Waals surface area (Å²) in [6, 6.07) is 6.73. The fourth-order valence-corrected chi connectivity index (χ4v) is 2.64. The number of unbranched alkanes of at least 4 members (excludes halogenated alkanes) is 1. The first-order chi connectivity index (χ1) is 11.2. The second-order valence-electron chi connectivity index (χ2n) is 5.85. The number of guanidine groups is 1. The lowest BCUT2D eigenvalue weighted by Gasteiger charge is -2.36. The number of anilines is 1. The molecule has 0 aliphatic carbocycles. The molecule has 1 aromatic carbocycles. The highest BCUT2D eigenvalue weighted by Crippen LogP contribution is 2.16. The summed E-state index contributed by atoms with van der Waals surface area (Å²) in [6.07, 6.45) is 2.21. The maximum absolute atomic E-state index is 13.0. The van der Waals surface area contributed by atoms with E-state index in [1.807, 2.05) is 12.1 Å². The van der Waals surface area contributed by atoms with Gasteiger partial charge in [-0.1, -0.05) is 13.3 Å². The Kier molecular flexibility index (Phi) is 7.13. The highest BCUT2D eigenvalue weighted by atomic mass is 19.1. The molecule has 2 rings (SSSR count). The molecule has 1 heterocycles. The van der Waals surface area contributed by atoms with E-state index in [0.29, 0.717) is 5.96 Å². The molecule has 128 valence electrons. The molecule has 0 spiro atoms. The number of aliphatic imine (C=N–C) groups is 1. The number of halogens is 1. The Morgan fingerprint density at radius 2 is 1.91 bits per heavy atom. The Morgan fingerprint density at radius 1 is 1.22 bits per heavy atom. The Balaban J connectivity index is 1.65. The molecule has 0 saturated carbocycles. The lowest BCUT2D eigenvalue weighted by Crippen LogP contribution is -2.49. The van der Waals surface area contributed by atoms with Crippen LogP contribution >= 0.6 is 0 Å². The van der Waals surface area contributed by atoms with Crippen LogP contribution in [0.25, 0.3) is 0 Å². The van der Waals surface area contributed by atoms with E-state index in [-0.39, 0.29) is 5.82 Å². The average molecular weight is 321 g/mol. The van der Waals surface area contributed by atoms with E-state index in [1.165, 1.54) is 12.1 Å². The fraction of sp³-hybridized carbons (Fsp3) is 0.588. The molecule has 0 unspecified atom stereocenters. The number of piperazine rings is 1. The van der Waals surface area contributed by atoms with Crippen LogP contribution in [0.2, 0.25) is 0 Å².